The van der Waals surface area contributed by atoms with Crippen molar-refractivity contribution >= 4 is 16.7 Å². The molecular weight excluding hydrogens is 248 g/mol. The first-order chi connectivity index (χ1) is 9.74. The number of nitrogens with zero attached hydrogens (tertiary/aromatic N) is 3. The van der Waals surface area contributed by atoms with Gasteiger partial charge in [-0.05, 0) is 25.8 Å². The summed E-state index contributed by atoms with van der Waals surface area (Å²) in [6.07, 6.45) is 11.4. The Morgan fingerprint density at radius 3 is 2.60 bits per heavy atom. The molecular formula is C16H24N4. The molecule has 108 valence electrons. The number of hydrogen-bond acceptors (Lipinski definition) is 3. The zero-order valence-corrected chi connectivity index (χ0v) is 12.5. The van der Waals surface area contributed by atoms with Crippen molar-refractivity contribution in [3.63, 3.8) is 0 Å². The molecule has 0 saturated heterocycles. The molecule has 0 unspecified atom stereocenters. The summed E-state index contributed by atoms with van der Waals surface area (Å²) in [6, 6.07) is 2.80. The molecule has 1 fully saturated rings. The fraction of sp³-hybridized carbons (Fsp3) is 0.625. The SMILES string of the molecule is Cc1nn(C)c2ncc(NC3CCCCCCC3)cc12. The summed E-state index contributed by atoms with van der Waals surface area (Å²) >= 11 is 0. The van der Waals surface area contributed by atoms with Gasteiger partial charge in [0.05, 0.1) is 17.6 Å². The van der Waals surface area contributed by atoms with Crippen LogP contribution in [-0.4, -0.2) is 20.8 Å². The Bertz CT molecular complexity index is 579. The Balaban J connectivity index is 1.77. The van der Waals surface area contributed by atoms with Crippen molar-refractivity contribution in [1.82, 2.24) is 14.8 Å². The van der Waals surface area contributed by atoms with E-state index in [2.05, 4.69) is 21.5 Å². The second-order valence-electron chi connectivity index (χ2n) is 5.99. The highest BCUT2D eigenvalue weighted by Gasteiger charge is 2.13. The van der Waals surface area contributed by atoms with E-state index in [0.29, 0.717) is 6.04 Å². The summed E-state index contributed by atoms with van der Waals surface area (Å²) in [7, 11) is 1.95. The van der Waals surface area contributed by atoms with Gasteiger partial charge in [0.15, 0.2) is 5.65 Å². The van der Waals surface area contributed by atoms with Crippen LogP contribution in [0.25, 0.3) is 11.0 Å². The zero-order valence-electron chi connectivity index (χ0n) is 12.5. The molecule has 0 amide bonds. The van der Waals surface area contributed by atoms with Crippen molar-refractivity contribution < 1.29 is 0 Å². The minimum absolute atomic E-state index is 0.603. The molecule has 2 heterocycles. The third-order valence-electron chi connectivity index (χ3n) is 4.34. The molecule has 0 aliphatic heterocycles. The molecule has 2 aromatic heterocycles. The lowest BCUT2D eigenvalue weighted by molar-refractivity contribution is 0.471. The van der Waals surface area contributed by atoms with Gasteiger partial charge in [-0.2, -0.15) is 5.10 Å². The van der Waals surface area contributed by atoms with E-state index in [4.69, 9.17) is 0 Å². The maximum Gasteiger partial charge on any atom is 0.157 e. The fourth-order valence-electron chi connectivity index (χ4n) is 3.22. The Labute approximate surface area is 120 Å². The van der Waals surface area contributed by atoms with Gasteiger partial charge >= 0.3 is 0 Å². The van der Waals surface area contributed by atoms with Crippen molar-refractivity contribution in [2.24, 2.45) is 7.05 Å². The molecule has 0 radical (unpaired) electrons. The van der Waals surface area contributed by atoms with E-state index in [1.807, 2.05) is 24.9 Å². The van der Waals surface area contributed by atoms with Gasteiger partial charge in [0.25, 0.3) is 0 Å². The zero-order chi connectivity index (χ0) is 13.9. The number of aromatic nitrogens is 3. The number of anilines is 1. The molecule has 20 heavy (non-hydrogen) atoms. The average Bonchev–Trinajstić information content (AvgIpc) is 2.68. The van der Waals surface area contributed by atoms with E-state index < -0.39 is 0 Å². The largest absolute Gasteiger partial charge is 0.381 e. The molecule has 1 aliphatic rings. The monoisotopic (exact) mass is 272 g/mol. The molecule has 3 rings (SSSR count). The third kappa shape index (κ3) is 2.79. The van der Waals surface area contributed by atoms with E-state index >= 15 is 0 Å². The fourth-order valence-corrected chi connectivity index (χ4v) is 3.22. The topological polar surface area (TPSA) is 42.7 Å². The molecule has 2 aromatic rings. The first kappa shape index (κ1) is 13.4. The van der Waals surface area contributed by atoms with Gasteiger partial charge in [0.2, 0.25) is 0 Å². The van der Waals surface area contributed by atoms with Crippen molar-refractivity contribution in [3.05, 3.63) is 18.0 Å². The normalized spacial score (nSPS) is 17.9. The number of nitrogens with one attached hydrogen (secondary N) is 1. The summed E-state index contributed by atoms with van der Waals surface area (Å²) < 4.78 is 1.85. The van der Waals surface area contributed by atoms with Crippen LogP contribution in [0, 0.1) is 6.92 Å². The third-order valence-corrected chi connectivity index (χ3v) is 4.34. The van der Waals surface area contributed by atoms with Crippen molar-refractivity contribution in [1.29, 1.82) is 0 Å². The van der Waals surface area contributed by atoms with Gasteiger partial charge in [0.1, 0.15) is 0 Å². The molecule has 1 N–H and O–H groups in total. The van der Waals surface area contributed by atoms with Crippen LogP contribution in [0.5, 0.6) is 0 Å². The summed E-state index contributed by atoms with van der Waals surface area (Å²) in [4.78, 5) is 4.55. The molecule has 0 spiro atoms. The van der Waals surface area contributed by atoms with Crippen LogP contribution < -0.4 is 5.32 Å². The second-order valence-corrected chi connectivity index (χ2v) is 5.99. The lowest BCUT2D eigenvalue weighted by Gasteiger charge is -2.22. The predicted molar refractivity (Wildman–Crippen MR) is 83.0 cm³/mol. The Morgan fingerprint density at radius 1 is 1.15 bits per heavy atom. The van der Waals surface area contributed by atoms with Crippen LogP contribution >= 0.6 is 0 Å². The summed E-state index contributed by atoms with van der Waals surface area (Å²) in [5, 5.41) is 9.27. The smallest absolute Gasteiger partial charge is 0.157 e. The highest BCUT2D eigenvalue weighted by atomic mass is 15.3. The highest BCUT2D eigenvalue weighted by Crippen LogP contribution is 2.23. The number of aryl methyl sites for hydroxylation is 2. The van der Waals surface area contributed by atoms with Crippen LogP contribution in [0.4, 0.5) is 5.69 Å². The Hall–Kier alpha value is -1.58. The minimum Gasteiger partial charge on any atom is -0.381 e. The van der Waals surface area contributed by atoms with E-state index in [0.717, 1.165) is 22.4 Å². The number of fused-ring (bicyclic) bond motifs is 1. The highest BCUT2D eigenvalue weighted by molar-refractivity contribution is 5.81. The lowest BCUT2D eigenvalue weighted by Crippen LogP contribution is -2.20. The first-order valence-corrected chi connectivity index (χ1v) is 7.80. The maximum absolute atomic E-state index is 4.55. The lowest BCUT2D eigenvalue weighted by atomic mass is 9.96. The van der Waals surface area contributed by atoms with Gasteiger partial charge < -0.3 is 5.32 Å². The van der Waals surface area contributed by atoms with E-state index in [-0.39, 0.29) is 0 Å². The molecule has 0 aromatic carbocycles. The molecule has 1 saturated carbocycles. The van der Waals surface area contributed by atoms with Crippen molar-refractivity contribution in [2.75, 3.05) is 5.32 Å². The van der Waals surface area contributed by atoms with E-state index in [1.54, 1.807) is 0 Å². The number of pyridine rings is 1. The van der Waals surface area contributed by atoms with E-state index in [1.165, 1.54) is 44.9 Å². The van der Waals surface area contributed by atoms with Crippen LogP contribution in [-0.2, 0) is 7.05 Å². The predicted octanol–water partition coefficient (Wildman–Crippen LogP) is 3.80. The Morgan fingerprint density at radius 2 is 1.85 bits per heavy atom. The summed E-state index contributed by atoms with van der Waals surface area (Å²) in [6.45, 7) is 2.05. The van der Waals surface area contributed by atoms with E-state index in [9.17, 15) is 0 Å². The Kier molecular flexibility index (Phi) is 3.90. The van der Waals surface area contributed by atoms with Crippen LogP contribution in [0.2, 0.25) is 0 Å². The standard InChI is InChI=1S/C16H24N4/c1-12-15-10-14(11-17-16(15)20(2)19-12)18-13-8-6-4-3-5-7-9-13/h10-11,13,18H,3-9H2,1-2H3. The molecule has 4 heteroatoms. The summed E-state index contributed by atoms with van der Waals surface area (Å²) in [5.41, 5.74) is 3.15. The molecule has 0 bridgehead atoms. The maximum atomic E-state index is 4.55. The quantitative estimate of drug-likeness (QED) is 0.904. The van der Waals surface area contributed by atoms with Gasteiger partial charge in [-0.3, -0.25) is 4.68 Å². The van der Waals surface area contributed by atoms with Gasteiger partial charge in [-0.15, -0.1) is 0 Å². The van der Waals surface area contributed by atoms with Gasteiger partial charge in [-0.25, -0.2) is 4.98 Å². The second kappa shape index (κ2) is 5.81. The first-order valence-electron chi connectivity index (χ1n) is 7.80. The van der Waals surface area contributed by atoms with Crippen LogP contribution in [0.15, 0.2) is 12.3 Å². The minimum atomic E-state index is 0.603. The van der Waals surface area contributed by atoms with Crippen molar-refractivity contribution in [2.45, 2.75) is 57.9 Å². The van der Waals surface area contributed by atoms with Gasteiger partial charge in [-0.1, -0.05) is 32.1 Å². The average molecular weight is 272 g/mol. The van der Waals surface area contributed by atoms with Crippen molar-refractivity contribution in [3.8, 4) is 0 Å². The molecule has 0 atom stereocenters. The van der Waals surface area contributed by atoms with Crippen LogP contribution in [0.3, 0.4) is 0 Å². The van der Waals surface area contributed by atoms with Gasteiger partial charge in [0, 0.05) is 18.5 Å². The summed E-state index contributed by atoms with van der Waals surface area (Å²) in [5.74, 6) is 0. The molecule has 4 nitrogen and oxygen atoms in total. The van der Waals surface area contributed by atoms with Crippen LogP contribution in [0.1, 0.15) is 50.6 Å². The number of hydrogen-bond donors (Lipinski definition) is 1. The molecule has 1 aliphatic carbocycles. The number of rotatable bonds is 2.